The zero-order chi connectivity index (χ0) is 21.6. The number of nitrogens with zero attached hydrogens (tertiary/aromatic N) is 4. The van der Waals surface area contributed by atoms with E-state index in [0.29, 0.717) is 0 Å². The minimum atomic E-state index is -2.43. The maximum atomic E-state index is 12.5. The smallest absolute Gasteiger partial charge is 0.416 e. The van der Waals surface area contributed by atoms with Crippen LogP contribution in [0.3, 0.4) is 0 Å². The lowest BCUT2D eigenvalue weighted by Crippen LogP contribution is -2.56. The Morgan fingerprint density at radius 3 is 1.32 bits per heavy atom. The van der Waals surface area contributed by atoms with Gasteiger partial charge in [0.25, 0.3) is 0 Å². The summed E-state index contributed by atoms with van der Waals surface area (Å²) in [5, 5.41) is 24.6. The van der Waals surface area contributed by atoms with Gasteiger partial charge in [0.2, 0.25) is 0 Å². The van der Waals surface area contributed by atoms with Crippen molar-refractivity contribution < 1.29 is 28.9 Å². The molecule has 2 amide bonds. The van der Waals surface area contributed by atoms with Crippen molar-refractivity contribution in [3.63, 3.8) is 0 Å². The van der Waals surface area contributed by atoms with Crippen molar-refractivity contribution in [3.8, 4) is 0 Å². The van der Waals surface area contributed by atoms with Gasteiger partial charge in [-0.2, -0.15) is 0 Å². The van der Waals surface area contributed by atoms with E-state index in [1.165, 1.54) is 13.8 Å². The van der Waals surface area contributed by atoms with Crippen LogP contribution < -0.4 is 0 Å². The van der Waals surface area contributed by atoms with Gasteiger partial charge in [0.05, 0.1) is 23.1 Å². The molecule has 2 rings (SSSR count). The molecule has 4 atom stereocenters. The van der Waals surface area contributed by atoms with Gasteiger partial charge >= 0.3 is 23.5 Å². The summed E-state index contributed by atoms with van der Waals surface area (Å²) in [7, 11) is 0. The van der Waals surface area contributed by atoms with E-state index >= 15 is 0 Å². The highest BCUT2D eigenvalue weighted by Gasteiger charge is 3.05. The predicted octanol–water partition coefficient (Wildman–Crippen LogP) is 1.93. The molecule has 12 heteroatoms. The highest BCUT2D eigenvalue weighted by Crippen LogP contribution is 2.65. The Hall–Kier alpha value is -2.66. The monoisotopic (exact) mass is 402 g/mol. The van der Waals surface area contributed by atoms with Crippen LogP contribution in [0, 0.1) is 32.1 Å². The van der Waals surface area contributed by atoms with Crippen LogP contribution in [0.15, 0.2) is 0 Å². The van der Waals surface area contributed by atoms with Gasteiger partial charge in [-0.1, -0.05) is 27.7 Å². The molecule has 0 aromatic heterocycles. The van der Waals surface area contributed by atoms with Crippen LogP contribution in [-0.4, -0.2) is 68.5 Å². The molecule has 0 N–H and O–H groups in total. The number of hydrogen-bond donors (Lipinski definition) is 0. The zero-order valence-corrected chi connectivity index (χ0v) is 16.8. The molecular formula is C16H26N4O8. The molecule has 2 aliphatic rings. The predicted molar refractivity (Wildman–Crippen MR) is 94.4 cm³/mol. The van der Waals surface area contributed by atoms with E-state index in [2.05, 4.69) is 0 Å². The number of carbonyl (C=O) groups is 2. The van der Waals surface area contributed by atoms with E-state index < -0.39 is 57.3 Å². The summed E-state index contributed by atoms with van der Waals surface area (Å²) < 4.78 is 9.84. The molecule has 0 unspecified atom stereocenters. The molecule has 2 fully saturated rings. The second-order valence-corrected chi connectivity index (χ2v) is 7.48. The van der Waals surface area contributed by atoms with Crippen molar-refractivity contribution in [2.75, 3.05) is 13.2 Å². The van der Waals surface area contributed by atoms with Gasteiger partial charge in [-0.15, -0.1) is 0 Å². The Labute approximate surface area is 162 Å². The summed E-state index contributed by atoms with van der Waals surface area (Å²) in [5.41, 5.74) is -4.86. The van der Waals surface area contributed by atoms with Crippen LogP contribution in [0.1, 0.15) is 41.5 Å². The first-order valence-electron chi connectivity index (χ1n) is 9.20. The molecule has 28 heavy (non-hydrogen) atoms. The van der Waals surface area contributed by atoms with Crippen LogP contribution in [0.25, 0.3) is 0 Å². The Morgan fingerprint density at radius 1 is 0.857 bits per heavy atom. The number of amides is 2. The lowest BCUT2D eigenvalue weighted by Gasteiger charge is -2.15. The maximum absolute atomic E-state index is 12.5. The molecule has 0 aliphatic carbocycles. The molecule has 0 spiro atoms. The second-order valence-electron chi connectivity index (χ2n) is 7.48. The third kappa shape index (κ3) is 2.49. The first-order valence-corrected chi connectivity index (χ1v) is 9.20. The maximum Gasteiger partial charge on any atom is 0.416 e. The summed E-state index contributed by atoms with van der Waals surface area (Å²) in [6, 6.07) is -2.21. The van der Waals surface area contributed by atoms with E-state index in [9.17, 15) is 29.8 Å². The topological polar surface area (TPSA) is 145 Å². The molecule has 158 valence electrons. The fraction of sp³-hybridized carbons (Fsp3) is 0.875. The van der Waals surface area contributed by atoms with Crippen molar-refractivity contribution in [1.29, 1.82) is 0 Å². The Balaban J connectivity index is 2.70. The van der Waals surface area contributed by atoms with Crippen LogP contribution in [0.4, 0.5) is 9.59 Å². The normalized spacial score (nSPS) is 31.0. The highest BCUT2D eigenvalue weighted by molar-refractivity contribution is 5.78. The van der Waals surface area contributed by atoms with Crippen LogP contribution in [0.5, 0.6) is 0 Å². The van der Waals surface area contributed by atoms with E-state index in [4.69, 9.17) is 9.47 Å². The second kappa shape index (κ2) is 7.06. The molecule has 0 aromatic rings. The summed E-state index contributed by atoms with van der Waals surface area (Å²) in [6.45, 7) is 9.45. The lowest BCUT2D eigenvalue weighted by molar-refractivity contribution is -0.659. The minimum Gasteiger partial charge on any atom is -0.450 e. The van der Waals surface area contributed by atoms with E-state index in [0.717, 1.165) is 9.80 Å². The van der Waals surface area contributed by atoms with Gasteiger partial charge in [-0.3, -0.25) is 20.2 Å². The van der Waals surface area contributed by atoms with Crippen LogP contribution >= 0.6 is 0 Å². The van der Waals surface area contributed by atoms with Crippen molar-refractivity contribution in [1.82, 2.24) is 9.80 Å². The molecule has 0 saturated carbocycles. The quantitative estimate of drug-likeness (QED) is 0.357. The van der Waals surface area contributed by atoms with Crippen LogP contribution in [-0.2, 0) is 9.47 Å². The third-order valence-electron chi connectivity index (χ3n) is 5.27. The molecule has 2 aliphatic heterocycles. The average molecular weight is 402 g/mol. The van der Waals surface area contributed by atoms with Crippen molar-refractivity contribution >= 4 is 12.2 Å². The first-order chi connectivity index (χ1) is 13.0. The number of hydrogen-bond acceptors (Lipinski definition) is 8. The average Bonchev–Trinajstić information content (AvgIpc) is 3.44. The van der Waals surface area contributed by atoms with Crippen LogP contribution in [0.2, 0.25) is 0 Å². The fourth-order valence-electron chi connectivity index (χ4n) is 4.47. The van der Waals surface area contributed by atoms with Crippen molar-refractivity contribution in [2.24, 2.45) is 11.8 Å². The van der Waals surface area contributed by atoms with Gasteiger partial charge in [0.1, 0.15) is 12.1 Å². The van der Waals surface area contributed by atoms with E-state index in [1.54, 1.807) is 27.7 Å². The summed E-state index contributed by atoms with van der Waals surface area (Å²) in [5.74, 6) is -0.965. The summed E-state index contributed by atoms with van der Waals surface area (Å²) >= 11 is 0. The standard InChI is InChI=1S/C16H26N4O8/c1-7-27-13(21)17-11(9(3)4)15(17,19(23)24)16(20(25)26)12(10(5)6)18(16)14(22)28-8-2/h9-12H,7-8H2,1-6H3/t11-,12-,15-,16+,17?,18?/m1/s1. The van der Waals surface area contributed by atoms with Gasteiger partial charge in [0.15, 0.2) is 0 Å². The minimum absolute atomic E-state index is 0.0470. The van der Waals surface area contributed by atoms with Gasteiger partial charge < -0.3 is 9.47 Å². The van der Waals surface area contributed by atoms with Gasteiger partial charge in [-0.25, -0.2) is 19.4 Å². The van der Waals surface area contributed by atoms with E-state index in [1.807, 2.05) is 0 Å². The molecule has 2 heterocycles. The number of nitro groups is 2. The van der Waals surface area contributed by atoms with Gasteiger partial charge in [-0.05, 0) is 25.7 Å². The van der Waals surface area contributed by atoms with Crippen molar-refractivity contribution in [3.05, 3.63) is 20.2 Å². The Morgan fingerprint density at radius 2 is 1.14 bits per heavy atom. The molecule has 12 nitrogen and oxygen atoms in total. The highest BCUT2D eigenvalue weighted by atomic mass is 16.7. The van der Waals surface area contributed by atoms with Crippen molar-refractivity contribution in [2.45, 2.75) is 65.0 Å². The van der Waals surface area contributed by atoms with Gasteiger partial charge in [0, 0.05) is 0 Å². The Bertz CT molecular complexity index is 640. The van der Waals surface area contributed by atoms with E-state index in [-0.39, 0.29) is 13.2 Å². The SMILES string of the molecule is CCOC(=O)N1[C@H](C(C)C)[C@]1([N+](=O)[O-])[C@]1([N+](=O)[O-])[C@@H](C(C)C)N1C(=O)OCC. The Kier molecular flexibility index (Phi) is 5.46. The molecule has 0 bridgehead atoms. The molecule has 0 aromatic carbocycles. The lowest BCUT2D eigenvalue weighted by atomic mass is 9.92. The number of carbonyl (C=O) groups excluding carboxylic acids is 2. The zero-order valence-electron chi connectivity index (χ0n) is 16.8. The number of ether oxygens (including phenoxy) is 2. The number of rotatable bonds is 7. The molecule has 2 saturated heterocycles. The third-order valence-corrected chi connectivity index (χ3v) is 5.27. The first kappa shape index (κ1) is 21.6. The largest absolute Gasteiger partial charge is 0.450 e. The molecular weight excluding hydrogens is 376 g/mol. The fourth-order valence-corrected chi connectivity index (χ4v) is 4.47. The summed E-state index contributed by atoms with van der Waals surface area (Å²) in [4.78, 5) is 49.4. The summed E-state index contributed by atoms with van der Waals surface area (Å²) in [6.07, 6.45) is -2.03. The molecule has 0 radical (unpaired) electrons.